The summed E-state index contributed by atoms with van der Waals surface area (Å²) in [5, 5.41) is 5.88. The fourth-order valence-electron chi connectivity index (χ4n) is 3.01. The van der Waals surface area contributed by atoms with E-state index in [-0.39, 0.29) is 19.1 Å². The Balaban J connectivity index is 1.63. The first-order valence-corrected chi connectivity index (χ1v) is 7.77. The zero-order chi connectivity index (χ0) is 15.7. The molecule has 0 saturated carbocycles. The molecule has 1 aromatic carbocycles. The molecule has 1 atom stereocenters. The second-order valence-electron chi connectivity index (χ2n) is 5.78. The minimum atomic E-state index is -2.78. The number of alkyl halides is 2. The minimum Gasteiger partial charge on any atom is -0.337 e. The first kappa shape index (κ1) is 15.5. The molecule has 120 valence electrons. The van der Waals surface area contributed by atoms with Crippen LogP contribution in [-0.4, -0.2) is 38.1 Å². The molecule has 2 heterocycles. The predicted octanol–water partition coefficient (Wildman–Crippen LogP) is 2.66. The number of carbonyl (C=O) groups excluding carboxylic acids is 1. The van der Waals surface area contributed by atoms with Crippen molar-refractivity contribution in [3.8, 4) is 0 Å². The van der Waals surface area contributed by atoms with E-state index < -0.39 is 11.8 Å². The fraction of sp³-hybridized carbons (Fsp3) is 0.533. The van der Waals surface area contributed by atoms with E-state index >= 15 is 0 Å². The number of hydrogen-bond acceptors (Lipinski definition) is 2. The minimum absolute atomic E-state index is 0.0140. The Morgan fingerprint density at radius 1 is 1.50 bits per heavy atom. The van der Waals surface area contributed by atoms with Gasteiger partial charge in [-0.05, 0) is 37.1 Å². The molecule has 2 amide bonds. The smallest absolute Gasteiger partial charge is 0.321 e. The summed E-state index contributed by atoms with van der Waals surface area (Å²) < 4.78 is 27.5. The van der Waals surface area contributed by atoms with Gasteiger partial charge in [-0.15, -0.1) is 0 Å². The van der Waals surface area contributed by atoms with Crippen molar-refractivity contribution in [1.29, 1.82) is 0 Å². The molecule has 1 unspecified atom stereocenters. The van der Waals surface area contributed by atoms with Crippen LogP contribution in [0.1, 0.15) is 12.0 Å². The number of amides is 2. The predicted molar refractivity (Wildman–Crippen MR) is 81.8 cm³/mol. The maximum absolute atomic E-state index is 13.7. The summed E-state index contributed by atoms with van der Waals surface area (Å²) >= 11 is 5.97. The highest BCUT2D eigenvalue weighted by atomic mass is 35.5. The van der Waals surface area contributed by atoms with Crippen molar-refractivity contribution in [2.24, 2.45) is 5.92 Å². The number of fused-ring (bicyclic) bond motifs is 1. The lowest BCUT2D eigenvalue weighted by atomic mass is 9.94. The summed E-state index contributed by atoms with van der Waals surface area (Å²) in [6, 6.07) is 5.08. The Hall–Kier alpha value is -1.40. The second kappa shape index (κ2) is 6.01. The normalized spacial score (nSPS) is 23.2. The maximum atomic E-state index is 13.7. The Kier molecular flexibility index (Phi) is 4.23. The summed E-state index contributed by atoms with van der Waals surface area (Å²) in [6.45, 7) is 0.762. The quantitative estimate of drug-likeness (QED) is 0.876. The van der Waals surface area contributed by atoms with Crippen LogP contribution in [0.3, 0.4) is 0 Å². The van der Waals surface area contributed by atoms with Gasteiger partial charge in [0.1, 0.15) is 0 Å². The zero-order valence-corrected chi connectivity index (χ0v) is 12.8. The summed E-state index contributed by atoms with van der Waals surface area (Å²) in [7, 11) is 0. The number of benzene rings is 1. The molecule has 4 nitrogen and oxygen atoms in total. The van der Waals surface area contributed by atoms with Crippen LogP contribution in [0.5, 0.6) is 0 Å². The summed E-state index contributed by atoms with van der Waals surface area (Å²) in [6.07, 6.45) is 1.11. The SMILES string of the molecule is O=C(NCC1CCNCC1(F)F)N1CCc2ccc(Cl)cc21. The largest absolute Gasteiger partial charge is 0.337 e. The lowest BCUT2D eigenvalue weighted by Gasteiger charge is -2.32. The molecular weight excluding hydrogens is 312 g/mol. The number of anilines is 1. The van der Waals surface area contributed by atoms with Crippen molar-refractivity contribution in [3.05, 3.63) is 28.8 Å². The third kappa shape index (κ3) is 3.03. The maximum Gasteiger partial charge on any atom is 0.321 e. The van der Waals surface area contributed by atoms with E-state index in [0.29, 0.717) is 24.5 Å². The van der Waals surface area contributed by atoms with Crippen molar-refractivity contribution in [2.45, 2.75) is 18.8 Å². The Morgan fingerprint density at radius 2 is 2.32 bits per heavy atom. The molecule has 0 bridgehead atoms. The lowest BCUT2D eigenvalue weighted by Crippen LogP contribution is -2.51. The van der Waals surface area contributed by atoms with Gasteiger partial charge < -0.3 is 10.6 Å². The number of piperidine rings is 1. The Morgan fingerprint density at radius 3 is 3.09 bits per heavy atom. The van der Waals surface area contributed by atoms with Crippen molar-refractivity contribution in [1.82, 2.24) is 10.6 Å². The van der Waals surface area contributed by atoms with Crippen LogP contribution in [0.15, 0.2) is 18.2 Å². The molecular formula is C15H18ClF2N3O. The van der Waals surface area contributed by atoms with Gasteiger partial charge in [-0.25, -0.2) is 13.6 Å². The number of halogens is 3. The van der Waals surface area contributed by atoms with Crippen LogP contribution in [0, 0.1) is 5.92 Å². The van der Waals surface area contributed by atoms with E-state index in [0.717, 1.165) is 17.7 Å². The van der Waals surface area contributed by atoms with Gasteiger partial charge in [0.2, 0.25) is 0 Å². The van der Waals surface area contributed by atoms with Gasteiger partial charge in [-0.3, -0.25) is 4.90 Å². The zero-order valence-electron chi connectivity index (χ0n) is 12.0. The van der Waals surface area contributed by atoms with Gasteiger partial charge in [0.05, 0.1) is 12.2 Å². The second-order valence-corrected chi connectivity index (χ2v) is 6.22. The van der Waals surface area contributed by atoms with Gasteiger partial charge >= 0.3 is 6.03 Å². The first-order valence-electron chi connectivity index (χ1n) is 7.40. The molecule has 1 fully saturated rings. The molecule has 3 rings (SSSR count). The van der Waals surface area contributed by atoms with Crippen molar-refractivity contribution in [3.63, 3.8) is 0 Å². The molecule has 0 radical (unpaired) electrons. The van der Waals surface area contributed by atoms with E-state index in [4.69, 9.17) is 11.6 Å². The summed E-state index contributed by atoms with van der Waals surface area (Å²) in [5.74, 6) is -3.60. The number of hydrogen-bond donors (Lipinski definition) is 2. The number of urea groups is 1. The van der Waals surface area contributed by atoms with Crippen LogP contribution < -0.4 is 15.5 Å². The number of carbonyl (C=O) groups is 1. The van der Waals surface area contributed by atoms with E-state index in [9.17, 15) is 13.6 Å². The fourth-order valence-corrected chi connectivity index (χ4v) is 3.17. The van der Waals surface area contributed by atoms with Gasteiger partial charge in [0.25, 0.3) is 5.92 Å². The molecule has 2 aliphatic heterocycles. The van der Waals surface area contributed by atoms with Crippen LogP contribution in [0.4, 0.5) is 19.3 Å². The Bertz CT molecular complexity index is 582. The van der Waals surface area contributed by atoms with Gasteiger partial charge in [0.15, 0.2) is 0 Å². The van der Waals surface area contributed by atoms with Crippen LogP contribution in [0.25, 0.3) is 0 Å². The highest BCUT2D eigenvalue weighted by molar-refractivity contribution is 6.31. The molecule has 7 heteroatoms. The molecule has 0 spiro atoms. The molecule has 1 saturated heterocycles. The molecule has 2 aliphatic rings. The molecule has 0 aromatic heterocycles. The van der Waals surface area contributed by atoms with Gasteiger partial charge in [-0.2, -0.15) is 0 Å². The van der Waals surface area contributed by atoms with E-state index in [1.54, 1.807) is 17.0 Å². The third-order valence-corrected chi connectivity index (χ3v) is 4.55. The third-order valence-electron chi connectivity index (χ3n) is 4.32. The average Bonchev–Trinajstić information content (AvgIpc) is 2.88. The van der Waals surface area contributed by atoms with Gasteiger partial charge in [-0.1, -0.05) is 17.7 Å². The van der Waals surface area contributed by atoms with Gasteiger partial charge in [0, 0.05) is 24.0 Å². The summed E-state index contributed by atoms with van der Waals surface area (Å²) in [5.41, 5.74) is 1.81. The highest BCUT2D eigenvalue weighted by Crippen LogP contribution is 2.31. The number of nitrogens with zero attached hydrogens (tertiary/aromatic N) is 1. The standard InChI is InChI=1S/C15H18ClF2N3O/c16-12-2-1-10-4-6-21(13(10)7-12)14(22)20-8-11-3-5-19-9-15(11,17)18/h1-2,7,11,19H,3-6,8-9H2,(H,20,22). The van der Waals surface area contributed by atoms with Crippen molar-refractivity contribution < 1.29 is 13.6 Å². The molecule has 2 N–H and O–H groups in total. The highest BCUT2D eigenvalue weighted by Gasteiger charge is 2.41. The van der Waals surface area contributed by atoms with Crippen LogP contribution in [0.2, 0.25) is 5.02 Å². The number of rotatable bonds is 2. The number of nitrogens with one attached hydrogen (secondary N) is 2. The monoisotopic (exact) mass is 329 g/mol. The average molecular weight is 330 g/mol. The Labute approximate surface area is 132 Å². The first-order chi connectivity index (χ1) is 10.5. The molecule has 0 aliphatic carbocycles. The topological polar surface area (TPSA) is 44.4 Å². The molecule has 22 heavy (non-hydrogen) atoms. The summed E-state index contributed by atoms with van der Waals surface area (Å²) in [4.78, 5) is 13.9. The van der Waals surface area contributed by atoms with Crippen molar-refractivity contribution in [2.75, 3.05) is 31.1 Å². The van der Waals surface area contributed by atoms with E-state index in [2.05, 4.69) is 10.6 Å². The molecule has 1 aromatic rings. The van der Waals surface area contributed by atoms with Crippen LogP contribution in [-0.2, 0) is 6.42 Å². The lowest BCUT2D eigenvalue weighted by molar-refractivity contribution is -0.0709. The van der Waals surface area contributed by atoms with Crippen molar-refractivity contribution >= 4 is 23.3 Å². The van der Waals surface area contributed by atoms with E-state index in [1.165, 1.54) is 0 Å². The van der Waals surface area contributed by atoms with Crippen LogP contribution >= 0.6 is 11.6 Å². The van der Waals surface area contributed by atoms with E-state index in [1.807, 2.05) is 6.07 Å².